The van der Waals surface area contributed by atoms with Gasteiger partial charge in [-0.15, -0.1) is 0 Å². The zero-order valence-electron chi connectivity index (χ0n) is 19.0. The summed E-state index contributed by atoms with van der Waals surface area (Å²) in [7, 11) is 1.52. The maximum absolute atomic E-state index is 15.0. The number of nitrogens with zero attached hydrogens (tertiary/aromatic N) is 2. The van der Waals surface area contributed by atoms with E-state index in [2.05, 4.69) is 9.97 Å². The first-order valence-electron chi connectivity index (χ1n) is 11.5. The third-order valence-corrected chi connectivity index (χ3v) is 7.04. The molecular weight excluding hydrogens is 430 g/mol. The Bertz CT molecular complexity index is 988. The lowest BCUT2D eigenvalue weighted by molar-refractivity contribution is -0.151. The van der Waals surface area contributed by atoms with E-state index in [0.717, 1.165) is 45.4 Å². The molecule has 4 rings (SSSR count). The summed E-state index contributed by atoms with van der Waals surface area (Å²) in [6.45, 7) is 1.60. The van der Waals surface area contributed by atoms with Crippen molar-refractivity contribution in [3.8, 4) is 11.8 Å². The molecule has 0 aliphatic heterocycles. The van der Waals surface area contributed by atoms with E-state index in [9.17, 15) is 14.3 Å². The number of rotatable bonds is 9. The van der Waals surface area contributed by atoms with Gasteiger partial charge < -0.3 is 14.6 Å². The summed E-state index contributed by atoms with van der Waals surface area (Å²) in [6.07, 6.45) is 7.87. The van der Waals surface area contributed by atoms with Gasteiger partial charge in [0, 0.05) is 24.2 Å². The fraction of sp³-hybridized carbons (Fsp3) is 0.560. The molecule has 2 fully saturated rings. The summed E-state index contributed by atoms with van der Waals surface area (Å²) in [5.41, 5.74) is -1.08. The van der Waals surface area contributed by atoms with Crippen molar-refractivity contribution in [1.29, 1.82) is 0 Å². The molecule has 6 nitrogen and oxygen atoms in total. The maximum Gasteiger partial charge on any atom is 0.341 e. The minimum Gasteiger partial charge on any atom is -0.481 e. The van der Waals surface area contributed by atoms with Gasteiger partial charge in [-0.1, -0.05) is 0 Å². The molecule has 0 spiro atoms. The SMILES string of the molecule is COc1cc(C2CCC(COc3cc([C@H](C4CC4)C(C)(F)C(=O)O)ccn3)CC2)c(F)cn1. The zero-order valence-corrected chi connectivity index (χ0v) is 19.0. The van der Waals surface area contributed by atoms with Crippen LogP contribution in [0.2, 0.25) is 0 Å². The normalized spacial score (nSPS) is 23.4. The Morgan fingerprint density at radius 2 is 1.91 bits per heavy atom. The number of hydrogen-bond donors (Lipinski definition) is 1. The van der Waals surface area contributed by atoms with Gasteiger partial charge in [0.15, 0.2) is 0 Å². The summed E-state index contributed by atoms with van der Waals surface area (Å²) in [4.78, 5) is 19.7. The van der Waals surface area contributed by atoms with Gasteiger partial charge in [0.1, 0.15) is 5.82 Å². The van der Waals surface area contributed by atoms with Gasteiger partial charge in [-0.25, -0.2) is 23.5 Å². The number of methoxy groups -OCH3 is 1. The Morgan fingerprint density at radius 1 is 1.18 bits per heavy atom. The Kier molecular flexibility index (Phi) is 6.81. The van der Waals surface area contributed by atoms with Crippen LogP contribution in [0, 0.1) is 17.7 Å². The van der Waals surface area contributed by atoms with Crippen molar-refractivity contribution in [3.63, 3.8) is 0 Å². The van der Waals surface area contributed by atoms with E-state index in [1.807, 2.05) is 0 Å². The Balaban J connectivity index is 1.36. The third kappa shape index (κ3) is 5.25. The lowest BCUT2D eigenvalue weighted by Crippen LogP contribution is -2.38. The van der Waals surface area contributed by atoms with Crippen molar-refractivity contribution in [3.05, 3.63) is 47.5 Å². The zero-order chi connectivity index (χ0) is 23.6. The number of carboxylic acids is 1. The lowest BCUT2D eigenvalue weighted by atomic mass is 9.79. The predicted octanol–water partition coefficient (Wildman–Crippen LogP) is 5.28. The molecule has 178 valence electrons. The average Bonchev–Trinajstić information content (AvgIpc) is 3.63. The molecule has 33 heavy (non-hydrogen) atoms. The van der Waals surface area contributed by atoms with Crippen LogP contribution in [0.3, 0.4) is 0 Å². The quantitative estimate of drug-likeness (QED) is 0.548. The molecule has 2 heterocycles. The monoisotopic (exact) mass is 460 g/mol. The number of ether oxygens (including phenoxy) is 2. The molecule has 0 saturated heterocycles. The van der Waals surface area contributed by atoms with Crippen LogP contribution in [-0.2, 0) is 4.79 Å². The van der Waals surface area contributed by atoms with Crippen LogP contribution in [0.15, 0.2) is 30.6 Å². The number of carboxylic acid groups (broad SMARTS) is 1. The average molecular weight is 461 g/mol. The highest BCUT2D eigenvalue weighted by atomic mass is 19.1. The maximum atomic E-state index is 15.0. The van der Waals surface area contributed by atoms with Crippen LogP contribution in [0.25, 0.3) is 0 Å². The molecule has 0 bridgehead atoms. The Hall–Kier alpha value is -2.77. The second-order valence-electron chi connectivity index (χ2n) is 9.40. The van der Waals surface area contributed by atoms with E-state index in [4.69, 9.17) is 9.47 Å². The van der Waals surface area contributed by atoms with E-state index < -0.39 is 17.6 Å². The highest BCUT2D eigenvalue weighted by Crippen LogP contribution is 2.50. The molecule has 2 atom stereocenters. The summed E-state index contributed by atoms with van der Waals surface area (Å²) in [6, 6.07) is 5.03. The van der Waals surface area contributed by atoms with Crippen molar-refractivity contribution in [2.24, 2.45) is 11.8 Å². The number of carbonyl (C=O) groups is 1. The molecule has 1 unspecified atom stereocenters. The molecule has 2 aliphatic rings. The smallest absolute Gasteiger partial charge is 0.341 e. The van der Waals surface area contributed by atoms with Crippen molar-refractivity contribution in [2.75, 3.05) is 13.7 Å². The fourth-order valence-corrected chi connectivity index (χ4v) is 4.99. The Morgan fingerprint density at radius 3 is 2.55 bits per heavy atom. The lowest BCUT2D eigenvalue weighted by Gasteiger charge is -2.29. The summed E-state index contributed by atoms with van der Waals surface area (Å²) < 4.78 is 40.3. The second kappa shape index (κ2) is 9.61. The first kappa shape index (κ1) is 23.4. The number of aliphatic carboxylic acids is 1. The van der Waals surface area contributed by atoms with Gasteiger partial charge in [0.25, 0.3) is 0 Å². The first-order valence-corrected chi connectivity index (χ1v) is 11.5. The number of hydrogen-bond acceptors (Lipinski definition) is 5. The molecule has 0 radical (unpaired) electrons. The second-order valence-corrected chi connectivity index (χ2v) is 9.40. The minimum absolute atomic E-state index is 0.0221. The third-order valence-electron chi connectivity index (χ3n) is 7.04. The summed E-state index contributed by atoms with van der Waals surface area (Å²) in [5, 5.41) is 9.39. The highest BCUT2D eigenvalue weighted by Gasteiger charge is 2.50. The number of aromatic nitrogens is 2. The molecule has 0 aromatic carbocycles. The standard InChI is InChI=1S/C25H30F2N2O4/c1-25(27,24(30)31)23(17-7-8-17)18-9-10-28-22(11-18)33-14-15-3-5-16(6-4-15)19-12-21(32-2)29-13-20(19)26/h9-13,15-17,23H,3-8,14H2,1-2H3,(H,30,31)/t15?,16?,23-,25?/m0/s1. The van der Waals surface area contributed by atoms with Crippen molar-refractivity contribution in [1.82, 2.24) is 9.97 Å². The van der Waals surface area contributed by atoms with Crippen LogP contribution in [0.5, 0.6) is 11.8 Å². The highest BCUT2D eigenvalue weighted by molar-refractivity contribution is 5.78. The molecule has 2 saturated carbocycles. The molecule has 2 aliphatic carbocycles. The molecule has 8 heteroatoms. The van der Waals surface area contributed by atoms with Crippen molar-refractivity contribution < 1.29 is 28.2 Å². The largest absolute Gasteiger partial charge is 0.481 e. The van der Waals surface area contributed by atoms with Gasteiger partial charge in [0.05, 0.1) is 19.9 Å². The number of halogens is 2. The minimum atomic E-state index is -2.34. The van der Waals surface area contributed by atoms with Gasteiger partial charge in [-0.3, -0.25) is 0 Å². The first-order chi connectivity index (χ1) is 15.8. The van der Waals surface area contributed by atoms with Crippen LogP contribution < -0.4 is 9.47 Å². The molecule has 1 N–H and O–H groups in total. The Labute approximate surface area is 192 Å². The van der Waals surface area contributed by atoms with Gasteiger partial charge in [-0.2, -0.15) is 0 Å². The van der Waals surface area contributed by atoms with E-state index >= 15 is 4.39 Å². The van der Waals surface area contributed by atoms with E-state index in [0.29, 0.717) is 35.4 Å². The molecule has 2 aromatic rings. The molecular formula is C25H30F2N2O4. The summed E-state index contributed by atoms with van der Waals surface area (Å²) in [5.74, 6) is -1.22. The van der Waals surface area contributed by atoms with Crippen molar-refractivity contribution in [2.45, 2.75) is 63.0 Å². The van der Waals surface area contributed by atoms with E-state index in [1.54, 1.807) is 24.4 Å². The number of alkyl halides is 1. The van der Waals surface area contributed by atoms with Crippen LogP contribution in [-0.4, -0.2) is 40.4 Å². The van der Waals surface area contributed by atoms with Gasteiger partial charge in [-0.05, 0) is 80.4 Å². The molecule has 0 amide bonds. The molecule has 2 aromatic heterocycles. The van der Waals surface area contributed by atoms with E-state index in [1.165, 1.54) is 13.3 Å². The topological polar surface area (TPSA) is 81.5 Å². The van der Waals surface area contributed by atoms with Crippen molar-refractivity contribution >= 4 is 5.97 Å². The number of pyridine rings is 2. The summed E-state index contributed by atoms with van der Waals surface area (Å²) >= 11 is 0. The fourth-order valence-electron chi connectivity index (χ4n) is 4.99. The van der Waals surface area contributed by atoms with Crippen LogP contribution in [0.4, 0.5) is 8.78 Å². The predicted molar refractivity (Wildman–Crippen MR) is 118 cm³/mol. The van der Waals surface area contributed by atoms with Gasteiger partial charge >= 0.3 is 5.97 Å². The van der Waals surface area contributed by atoms with Gasteiger partial charge in [0.2, 0.25) is 17.4 Å². The van der Waals surface area contributed by atoms with E-state index in [-0.39, 0.29) is 17.7 Å². The van der Waals surface area contributed by atoms with Crippen LogP contribution >= 0.6 is 0 Å². The van der Waals surface area contributed by atoms with Crippen LogP contribution in [0.1, 0.15) is 68.4 Å².